The summed E-state index contributed by atoms with van der Waals surface area (Å²) in [5.41, 5.74) is 10.9. The molecule has 0 spiro atoms. The minimum absolute atomic E-state index is 0.686. The monoisotopic (exact) mass is 301 g/mol. The van der Waals surface area contributed by atoms with Crippen molar-refractivity contribution in [3.8, 4) is 11.3 Å². The zero-order valence-electron chi connectivity index (χ0n) is 11.8. The second kappa shape index (κ2) is 6.52. The van der Waals surface area contributed by atoms with E-state index in [1.54, 1.807) is 6.20 Å². The maximum Gasteiger partial charge on any atom is 0.0914 e. The van der Waals surface area contributed by atoms with E-state index in [0.29, 0.717) is 5.69 Å². The van der Waals surface area contributed by atoms with Gasteiger partial charge in [-0.25, -0.2) is 4.98 Å². The van der Waals surface area contributed by atoms with E-state index in [2.05, 4.69) is 9.97 Å². The van der Waals surface area contributed by atoms with Crippen molar-refractivity contribution < 1.29 is 5.11 Å². The topological polar surface area (TPSA) is 72.0 Å². The first-order valence-corrected chi connectivity index (χ1v) is 6.75. The SMILES string of the molecule is CO.Cc1cc(-c2cnc3ccc(N)cc3n2)ccc1Cl. The quantitative estimate of drug-likeness (QED) is 0.675. The predicted molar refractivity (Wildman–Crippen MR) is 87.3 cm³/mol. The Morgan fingerprint density at radius 1 is 1.05 bits per heavy atom. The second-order valence-electron chi connectivity index (χ2n) is 4.47. The molecule has 3 aromatic rings. The van der Waals surface area contributed by atoms with Crippen molar-refractivity contribution in [3.63, 3.8) is 0 Å². The molecule has 0 aliphatic heterocycles. The third-order valence-electron chi connectivity index (χ3n) is 3.02. The molecule has 0 saturated carbocycles. The number of halogens is 1. The molecule has 0 aliphatic rings. The lowest BCUT2D eigenvalue weighted by atomic mass is 10.1. The van der Waals surface area contributed by atoms with Gasteiger partial charge in [-0.1, -0.05) is 17.7 Å². The molecule has 0 amide bonds. The number of fused-ring (bicyclic) bond motifs is 1. The summed E-state index contributed by atoms with van der Waals surface area (Å²) in [7, 11) is 1.00. The molecule has 21 heavy (non-hydrogen) atoms. The average molecular weight is 302 g/mol. The largest absolute Gasteiger partial charge is 0.400 e. The number of hydrogen-bond acceptors (Lipinski definition) is 4. The Morgan fingerprint density at radius 2 is 1.81 bits per heavy atom. The van der Waals surface area contributed by atoms with Crippen LogP contribution in [0.1, 0.15) is 5.56 Å². The van der Waals surface area contributed by atoms with Gasteiger partial charge in [0.15, 0.2) is 0 Å². The van der Waals surface area contributed by atoms with E-state index in [0.717, 1.165) is 40.0 Å². The number of aryl methyl sites for hydroxylation is 1. The van der Waals surface area contributed by atoms with Crippen LogP contribution in [-0.4, -0.2) is 22.2 Å². The first-order valence-electron chi connectivity index (χ1n) is 6.37. The zero-order chi connectivity index (χ0) is 15.4. The van der Waals surface area contributed by atoms with Crippen LogP contribution in [-0.2, 0) is 0 Å². The lowest BCUT2D eigenvalue weighted by Crippen LogP contribution is -1.91. The summed E-state index contributed by atoms with van der Waals surface area (Å²) in [5.74, 6) is 0. The molecule has 0 aliphatic carbocycles. The summed E-state index contributed by atoms with van der Waals surface area (Å²) in [4.78, 5) is 8.99. The van der Waals surface area contributed by atoms with Gasteiger partial charge in [0, 0.05) is 23.4 Å². The van der Waals surface area contributed by atoms with E-state index in [4.69, 9.17) is 22.4 Å². The summed E-state index contributed by atoms with van der Waals surface area (Å²) in [6.45, 7) is 1.97. The van der Waals surface area contributed by atoms with Crippen LogP contribution in [0.15, 0.2) is 42.6 Å². The normalized spacial score (nSPS) is 10.1. The summed E-state index contributed by atoms with van der Waals surface area (Å²) in [6.07, 6.45) is 1.77. The summed E-state index contributed by atoms with van der Waals surface area (Å²) in [6, 6.07) is 11.3. The molecule has 4 nitrogen and oxygen atoms in total. The van der Waals surface area contributed by atoms with Crippen LogP contribution < -0.4 is 5.73 Å². The second-order valence-corrected chi connectivity index (χ2v) is 4.87. The molecule has 0 atom stereocenters. The minimum Gasteiger partial charge on any atom is -0.400 e. The van der Waals surface area contributed by atoms with Gasteiger partial charge in [0.2, 0.25) is 0 Å². The van der Waals surface area contributed by atoms with Gasteiger partial charge in [0.25, 0.3) is 0 Å². The minimum atomic E-state index is 0.686. The number of benzene rings is 2. The van der Waals surface area contributed by atoms with Crippen molar-refractivity contribution in [1.82, 2.24) is 9.97 Å². The molecule has 0 saturated heterocycles. The Kier molecular flexibility index (Phi) is 4.73. The van der Waals surface area contributed by atoms with Crippen molar-refractivity contribution >= 4 is 28.3 Å². The molecule has 0 fully saturated rings. The summed E-state index contributed by atoms with van der Waals surface area (Å²) >= 11 is 6.03. The number of nitrogen functional groups attached to an aromatic ring is 1. The average Bonchev–Trinajstić information content (AvgIpc) is 2.51. The Balaban J connectivity index is 0.000000774. The molecule has 0 radical (unpaired) electrons. The molecule has 1 heterocycles. The van der Waals surface area contributed by atoms with Gasteiger partial charge in [-0.15, -0.1) is 0 Å². The third-order valence-corrected chi connectivity index (χ3v) is 3.44. The van der Waals surface area contributed by atoms with Gasteiger partial charge >= 0.3 is 0 Å². The molecular weight excluding hydrogens is 286 g/mol. The van der Waals surface area contributed by atoms with Crippen molar-refractivity contribution in [2.45, 2.75) is 6.92 Å². The molecule has 0 unspecified atom stereocenters. The van der Waals surface area contributed by atoms with Crippen LogP contribution in [0.25, 0.3) is 22.3 Å². The fraction of sp³-hybridized carbons (Fsp3) is 0.125. The highest BCUT2D eigenvalue weighted by atomic mass is 35.5. The van der Waals surface area contributed by atoms with Gasteiger partial charge < -0.3 is 10.8 Å². The number of nitrogens with zero attached hydrogens (tertiary/aromatic N) is 2. The molecular formula is C16H16ClN3O. The number of aliphatic hydroxyl groups excluding tert-OH is 1. The Bertz CT molecular complexity index is 775. The van der Waals surface area contributed by atoms with Crippen molar-refractivity contribution in [1.29, 1.82) is 0 Å². The van der Waals surface area contributed by atoms with Crippen LogP contribution in [0.5, 0.6) is 0 Å². The van der Waals surface area contributed by atoms with Crippen LogP contribution in [0, 0.1) is 6.92 Å². The Labute approximate surface area is 128 Å². The molecule has 3 N–H and O–H groups in total. The Morgan fingerprint density at radius 3 is 2.52 bits per heavy atom. The smallest absolute Gasteiger partial charge is 0.0914 e. The van der Waals surface area contributed by atoms with Gasteiger partial charge in [-0.2, -0.15) is 0 Å². The first kappa shape index (κ1) is 15.2. The molecule has 3 rings (SSSR count). The lowest BCUT2D eigenvalue weighted by molar-refractivity contribution is 0.399. The number of aliphatic hydroxyl groups is 1. The van der Waals surface area contributed by atoms with Crippen molar-refractivity contribution in [2.75, 3.05) is 12.8 Å². The molecule has 1 aromatic heterocycles. The fourth-order valence-electron chi connectivity index (χ4n) is 1.97. The van der Waals surface area contributed by atoms with Crippen LogP contribution in [0.4, 0.5) is 5.69 Å². The van der Waals surface area contributed by atoms with Gasteiger partial charge in [0.1, 0.15) is 0 Å². The van der Waals surface area contributed by atoms with E-state index in [1.165, 1.54) is 0 Å². The van der Waals surface area contributed by atoms with E-state index < -0.39 is 0 Å². The van der Waals surface area contributed by atoms with E-state index in [9.17, 15) is 0 Å². The number of hydrogen-bond donors (Lipinski definition) is 2. The standard InChI is InChI=1S/C15H12ClN3.CH4O/c1-9-6-10(2-4-12(9)16)15-8-18-13-5-3-11(17)7-14(13)19-15;1-2/h2-8H,17H2,1H3;2H,1H3. The fourth-order valence-corrected chi connectivity index (χ4v) is 2.09. The molecule has 5 heteroatoms. The molecule has 0 bridgehead atoms. The van der Waals surface area contributed by atoms with Gasteiger partial charge in [-0.05, 0) is 42.8 Å². The van der Waals surface area contributed by atoms with Crippen LogP contribution in [0.2, 0.25) is 5.02 Å². The maximum absolute atomic E-state index is 7.00. The van der Waals surface area contributed by atoms with Crippen molar-refractivity contribution in [2.24, 2.45) is 0 Å². The lowest BCUT2D eigenvalue weighted by Gasteiger charge is -2.05. The van der Waals surface area contributed by atoms with Crippen LogP contribution >= 0.6 is 11.6 Å². The highest BCUT2D eigenvalue weighted by molar-refractivity contribution is 6.31. The third kappa shape index (κ3) is 3.29. The first-order chi connectivity index (χ1) is 10.1. The van der Waals surface area contributed by atoms with Gasteiger partial charge in [-0.3, -0.25) is 4.98 Å². The van der Waals surface area contributed by atoms with E-state index >= 15 is 0 Å². The van der Waals surface area contributed by atoms with E-state index in [-0.39, 0.29) is 0 Å². The maximum atomic E-state index is 7.00. The Hall–Kier alpha value is -2.17. The number of nitrogens with two attached hydrogens (primary N) is 1. The number of rotatable bonds is 1. The molecule has 2 aromatic carbocycles. The highest BCUT2D eigenvalue weighted by Gasteiger charge is 2.05. The molecule has 108 valence electrons. The van der Waals surface area contributed by atoms with Gasteiger partial charge in [0.05, 0.1) is 22.9 Å². The number of aromatic nitrogens is 2. The summed E-state index contributed by atoms with van der Waals surface area (Å²) in [5, 5.41) is 7.75. The highest BCUT2D eigenvalue weighted by Crippen LogP contribution is 2.24. The zero-order valence-corrected chi connectivity index (χ0v) is 12.6. The predicted octanol–water partition coefficient (Wildman–Crippen LogP) is 3.45. The summed E-state index contributed by atoms with van der Waals surface area (Å²) < 4.78 is 0. The number of anilines is 1. The van der Waals surface area contributed by atoms with Crippen molar-refractivity contribution in [3.05, 3.63) is 53.2 Å². The van der Waals surface area contributed by atoms with Crippen LogP contribution in [0.3, 0.4) is 0 Å². The van der Waals surface area contributed by atoms with E-state index in [1.807, 2.05) is 43.3 Å².